The summed E-state index contributed by atoms with van der Waals surface area (Å²) < 4.78 is 0. The highest BCUT2D eigenvalue weighted by atomic mass is 32.2. The predicted octanol–water partition coefficient (Wildman–Crippen LogP) is 6.73. The Kier molecular flexibility index (Phi) is 8.04. The third kappa shape index (κ3) is 6.28. The average Bonchev–Trinajstić information content (AvgIpc) is 2.65. The van der Waals surface area contributed by atoms with Crippen molar-refractivity contribution in [3.63, 3.8) is 0 Å². The number of amidine groups is 1. The van der Waals surface area contributed by atoms with Crippen LogP contribution < -0.4 is 0 Å². The monoisotopic (exact) mass is 426 g/mol. The largest absolute Gasteiger partial charge is 0.507 e. The number of aliphatic imine (C=N–C) groups is 1. The van der Waals surface area contributed by atoms with E-state index in [4.69, 9.17) is 4.99 Å². The Balaban J connectivity index is 2.54. The molecule has 0 aromatic heterocycles. The summed E-state index contributed by atoms with van der Waals surface area (Å²) in [7, 11) is 0. The van der Waals surface area contributed by atoms with E-state index in [1.54, 1.807) is 11.8 Å². The number of hydrogen-bond donors (Lipinski definition) is 1. The molecule has 0 bridgehead atoms. The second-order valence-corrected chi connectivity index (χ2v) is 10.6. The van der Waals surface area contributed by atoms with Gasteiger partial charge in [0.15, 0.2) is 5.17 Å². The lowest BCUT2D eigenvalue weighted by Gasteiger charge is -2.30. The fraction of sp³-hybridized carbons (Fsp3) is 0.500. The van der Waals surface area contributed by atoms with Crippen LogP contribution in [0.15, 0.2) is 47.5 Å². The Bertz CT molecular complexity index is 826. The van der Waals surface area contributed by atoms with Gasteiger partial charge < -0.3 is 10.0 Å². The molecule has 0 aliphatic carbocycles. The number of phenols is 1. The van der Waals surface area contributed by atoms with Crippen LogP contribution >= 0.6 is 11.8 Å². The van der Waals surface area contributed by atoms with Gasteiger partial charge in [-0.2, -0.15) is 0 Å². The van der Waals surface area contributed by atoms with Gasteiger partial charge >= 0.3 is 0 Å². The third-order valence-corrected chi connectivity index (χ3v) is 5.87. The smallest absolute Gasteiger partial charge is 0.159 e. The molecule has 2 rings (SSSR count). The molecule has 0 atom stereocenters. The van der Waals surface area contributed by atoms with Crippen LogP contribution in [0.5, 0.6) is 5.75 Å². The van der Waals surface area contributed by atoms with Gasteiger partial charge in [-0.15, -0.1) is 0 Å². The molecule has 3 nitrogen and oxygen atoms in total. The molecular weight excluding hydrogens is 388 g/mol. The molecule has 0 unspecified atom stereocenters. The molecule has 0 aliphatic rings. The second kappa shape index (κ2) is 9.91. The van der Waals surface area contributed by atoms with E-state index in [9.17, 15) is 5.11 Å². The highest BCUT2D eigenvalue weighted by Gasteiger charge is 2.27. The standard InChI is InChI=1S/C26H38N2OS/c1-9-27-24(30-8)28(17-19-13-11-10-12-14-19)18-20-15-21(25(2,3)4)23(29)22(16-20)26(5,6)7/h10-16,29H,9,17-18H2,1-8H3. The Hall–Kier alpha value is -1.94. The molecule has 0 heterocycles. The van der Waals surface area contributed by atoms with Crippen molar-refractivity contribution in [1.29, 1.82) is 0 Å². The van der Waals surface area contributed by atoms with Crippen molar-refractivity contribution in [2.45, 2.75) is 72.4 Å². The first kappa shape index (κ1) is 24.3. The van der Waals surface area contributed by atoms with Crippen LogP contribution in [0.3, 0.4) is 0 Å². The number of rotatable bonds is 5. The van der Waals surface area contributed by atoms with E-state index in [-0.39, 0.29) is 10.8 Å². The van der Waals surface area contributed by atoms with Crippen molar-refractivity contribution in [3.8, 4) is 5.75 Å². The van der Waals surface area contributed by atoms with Gasteiger partial charge in [-0.25, -0.2) is 0 Å². The number of nitrogens with zero attached hydrogens (tertiary/aromatic N) is 2. The topological polar surface area (TPSA) is 35.8 Å². The van der Waals surface area contributed by atoms with Gasteiger partial charge in [0.2, 0.25) is 0 Å². The van der Waals surface area contributed by atoms with E-state index < -0.39 is 0 Å². The molecule has 0 amide bonds. The van der Waals surface area contributed by atoms with Gasteiger partial charge in [0.05, 0.1) is 0 Å². The van der Waals surface area contributed by atoms with E-state index >= 15 is 0 Å². The first-order valence-electron chi connectivity index (χ1n) is 10.7. The lowest BCUT2D eigenvalue weighted by Crippen LogP contribution is -2.29. The van der Waals surface area contributed by atoms with Crippen molar-refractivity contribution in [2.24, 2.45) is 4.99 Å². The van der Waals surface area contributed by atoms with Crippen LogP contribution in [-0.2, 0) is 23.9 Å². The number of hydrogen-bond acceptors (Lipinski definition) is 3. The average molecular weight is 427 g/mol. The SMILES string of the molecule is CCN=C(SC)N(Cc1ccccc1)Cc1cc(C(C)(C)C)c(O)c(C(C)(C)C)c1. The zero-order chi connectivity index (χ0) is 22.5. The Morgan fingerprint density at radius 1 is 0.900 bits per heavy atom. The second-order valence-electron chi connectivity index (χ2n) is 9.84. The van der Waals surface area contributed by atoms with E-state index in [0.717, 1.165) is 35.9 Å². The number of benzene rings is 2. The van der Waals surface area contributed by atoms with Crippen molar-refractivity contribution in [3.05, 3.63) is 64.7 Å². The highest BCUT2D eigenvalue weighted by molar-refractivity contribution is 8.13. The summed E-state index contributed by atoms with van der Waals surface area (Å²) in [6.45, 7) is 17.3. The van der Waals surface area contributed by atoms with Gasteiger partial charge in [-0.1, -0.05) is 83.6 Å². The van der Waals surface area contributed by atoms with E-state index in [1.165, 1.54) is 11.1 Å². The fourth-order valence-electron chi connectivity index (χ4n) is 3.57. The summed E-state index contributed by atoms with van der Waals surface area (Å²) in [6, 6.07) is 14.9. The van der Waals surface area contributed by atoms with Gasteiger partial charge in [-0.3, -0.25) is 4.99 Å². The number of thioether (sulfide) groups is 1. The third-order valence-electron chi connectivity index (χ3n) is 5.12. The minimum atomic E-state index is -0.135. The number of aromatic hydroxyl groups is 1. The molecule has 0 radical (unpaired) electrons. The Morgan fingerprint density at radius 2 is 1.40 bits per heavy atom. The van der Waals surface area contributed by atoms with Crippen LogP contribution in [0.25, 0.3) is 0 Å². The highest BCUT2D eigenvalue weighted by Crippen LogP contribution is 2.40. The summed E-state index contributed by atoms with van der Waals surface area (Å²) in [5, 5.41) is 12.1. The molecule has 4 heteroatoms. The minimum absolute atomic E-state index is 0.135. The van der Waals surface area contributed by atoms with Crippen LogP contribution in [0.4, 0.5) is 0 Å². The van der Waals surface area contributed by atoms with Crippen LogP contribution in [0.1, 0.15) is 70.7 Å². The molecule has 1 N–H and O–H groups in total. The fourth-order valence-corrected chi connectivity index (χ4v) is 4.22. The van der Waals surface area contributed by atoms with Crippen LogP contribution in [-0.4, -0.2) is 28.0 Å². The quantitative estimate of drug-likeness (QED) is 0.425. The predicted molar refractivity (Wildman–Crippen MR) is 133 cm³/mol. The minimum Gasteiger partial charge on any atom is -0.507 e. The molecule has 2 aromatic carbocycles. The van der Waals surface area contributed by atoms with Gasteiger partial charge in [0, 0.05) is 19.6 Å². The first-order valence-corrected chi connectivity index (χ1v) is 11.9. The van der Waals surface area contributed by atoms with E-state index in [1.807, 2.05) is 0 Å². The Labute approximate surface area is 187 Å². The molecule has 30 heavy (non-hydrogen) atoms. The van der Waals surface area contributed by atoms with Crippen molar-refractivity contribution in [2.75, 3.05) is 12.8 Å². The molecule has 0 spiro atoms. The van der Waals surface area contributed by atoms with E-state index in [2.05, 4.69) is 102 Å². The molecule has 0 saturated heterocycles. The molecule has 0 aliphatic heterocycles. The molecule has 0 saturated carbocycles. The first-order chi connectivity index (χ1) is 14.0. The van der Waals surface area contributed by atoms with Gasteiger partial charge in [0.1, 0.15) is 5.75 Å². The zero-order valence-corrected chi connectivity index (χ0v) is 20.7. The van der Waals surface area contributed by atoms with E-state index in [0.29, 0.717) is 5.75 Å². The normalized spacial score (nSPS) is 12.9. The van der Waals surface area contributed by atoms with Crippen molar-refractivity contribution >= 4 is 16.9 Å². The molecule has 2 aromatic rings. The lowest BCUT2D eigenvalue weighted by molar-refractivity contribution is 0.404. The lowest BCUT2D eigenvalue weighted by atomic mass is 9.78. The van der Waals surface area contributed by atoms with Crippen molar-refractivity contribution in [1.82, 2.24) is 4.90 Å². The molecule has 0 fully saturated rings. The summed E-state index contributed by atoms with van der Waals surface area (Å²) >= 11 is 1.69. The summed E-state index contributed by atoms with van der Waals surface area (Å²) in [6.07, 6.45) is 2.09. The maximum atomic E-state index is 11.1. The summed E-state index contributed by atoms with van der Waals surface area (Å²) in [5.74, 6) is 0.431. The van der Waals surface area contributed by atoms with Gasteiger partial charge in [-0.05, 0) is 58.4 Å². The van der Waals surface area contributed by atoms with Crippen molar-refractivity contribution < 1.29 is 5.11 Å². The van der Waals surface area contributed by atoms with Gasteiger partial charge in [0.25, 0.3) is 0 Å². The maximum Gasteiger partial charge on any atom is 0.159 e. The maximum absolute atomic E-state index is 11.1. The Morgan fingerprint density at radius 3 is 1.83 bits per heavy atom. The zero-order valence-electron chi connectivity index (χ0n) is 19.9. The van der Waals surface area contributed by atoms with Crippen LogP contribution in [0.2, 0.25) is 0 Å². The molecular formula is C26H38N2OS. The summed E-state index contributed by atoms with van der Waals surface area (Å²) in [4.78, 5) is 7.09. The van der Waals surface area contributed by atoms with Crippen LogP contribution in [0, 0.1) is 0 Å². The summed E-state index contributed by atoms with van der Waals surface area (Å²) in [5.41, 5.74) is 4.21. The molecule has 164 valence electrons. The number of phenolic OH excluding ortho intramolecular Hbond substituents is 1.